The van der Waals surface area contributed by atoms with E-state index in [-0.39, 0.29) is 11.9 Å². The molecule has 0 bridgehead atoms. The zero-order chi connectivity index (χ0) is 22.9. The number of nitrogens with one attached hydrogen (secondary N) is 1. The largest absolute Gasteiger partial charge is 0.351 e. The summed E-state index contributed by atoms with van der Waals surface area (Å²) < 4.78 is 19.5. The summed E-state index contributed by atoms with van der Waals surface area (Å²) in [7, 11) is 0. The van der Waals surface area contributed by atoms with E-state index in [9.17, 15) is 4.39 Å². The van der Waals surface area contributed by atoms with Gasteiger partial charge < -0.3 is 9.84 Å². The van der Waals surface area contributed by atoms with E-state index in [1.807, 2.05) is 73.3 Å². The highest BCUT2D eigenvalue weighted by Crippen LogP contribution is 2.39. The zero-order valence-corrected chi connectivity index (χ0v) is 18.9. The molecule has 0 aliphatic carbocycles. The fourth-order valence-corrected chi connectivity index (χ4v) is 4.36. The first-order chi connectivity index (χ1) is 16.0. The molecule has 0 amide bonds. The molecule has 164 valence electrons. The number of benzene rings is 3. The quantitative estimate of drug-likeness (QED) is 0.377. The molecule has 0 spiro atoms. The van der Waals surface area contributed by atoms with E-state index in [1.165, 1.54) is 12.1 Å². The number of allylic oxidation sites excluding steroid dienone is 1. The van der Waals surface area contributed by atoms with Crippen LogP contribution in [0.4, 0.5) is 10.1 Å². The molecular formula is C26H21FN4OS. The normalized spacial score (nSPS) is 16.2. The molecule has 5 rings (SSSR count). The Morgan fingerprint density at radius 1 is 0.970 bits per heavy atom. The molecule has 7 heteroatoms. The first-order valence-electron chi connectivity index (χ1n) is 10.5. The van der Waals surface area contributed by atoms with Crippen molar-refractivity contribution in [1.29, 1.82) is 0 Å². The second kappa shape index (κ2) is 8.60. The topological polar surface area (TPSA) is 54.2 Å². The summed E-state index contributed by atoms with van der Waals surface area (Å²) in [6.45, 7) is 4.03. The number of hydrogen-bond donors (Lipinski definition) is 1. The zero-order valence-electron chi connectivity index (χ0n) is 18.1. The Balaban J connectivity index is 1.65. The second-order valence-corrected chi connectivity index (χ2v) is 8.28. The summed E-state index contributed by atoms with van der Waals surface area (Å²) >= 11 is 5.77. The first-order valence-corrected chi connectivity index (χ1v) is 10.9. The van der Waals surface area contributed by atoms with E-state index in [0.29, 0.717) is 22.4 Å². The van der Waals surface area contributed by atoms with E-state index in [0.717, 1.165) is 28.1 Å². The van der Waals surface area contributed by atoms with Crippen molar-refractivity contribution in [1.82, 2.24) is 15.5 Å². The van der Waals surface area contributed by atoms with Gasteiger partial charge in [-0.05, 0) is 55.9 Å². The highest BCUT2D eigenvalue weighted by molar-refractivity contribution is 7.80. The average molecular weight is 457 g/mol. The number of aromatic nitrogens is 2. The van der Waals surface area contributed by atoms with E-state index in [4.69, 9.17) is 16.7 Å². The molecular weight excluding hydrogens is 435 g/mol. The minimum atomic E-state index is -0.355. The SMILES string of the molecule is CC1=C(c2nc(-c3cccc(F)c3)no2)C(c2ccccc2)NC(=S)N1c1ccc(C)cc1. The minimum absolute atomic E-state index is 0.277. The van der Waals surface area contributed by atoms with Crippen molar-refractivity contribution in [2.75, 3.05) is 4.90 Å². The van der Waals surface area contributed by atoms with Crippen LogP contribution in [-0.4, -0.2) is 15.3 Å². The maximum Gasteiger partial charge on any atom is 0.258 e. The summed E-state index contributed by atoms with van der Waals surface area (Å²) in [5.41, 5.74) is 5.36. The lowest BCUT2D eigenvalue weighted by Crippen LogP contribution is -2.46. The molecule has 0 saturated heterocycles. The van der Waals surface area contributed by atoms with Crippen molar-refractivity contribution in [3.8, 4) is 11.4 Å². The lowest BCUT2D eigenvalue weighted by Gasteiger charge is -2.37. The Hall–Kier alpha value is -3.84. The maximum atomic E-state index is 13.7. The van der Waals surface area contributed by atoms with Crippen molar-refractivity contribution in [3.05, 3.63) is 107 Å². The van der Waals surface area contributed by atoms with Gasteiger partial charge in [0, 0.05) is 16.9 Å². The highest BCUT2D eigenvalue weighted by atomic mass is 32.1. The molecule has 1 aromatic heterocycles. The summed E-state index contributed by atoms with van der Waals surface area (Å²) in [6, 6.07) is 24.0. The van der Waals surface area contributed by atoms with Crippen molar-refractivity contribution >= 4 is 28.6 Å². The van der Waals surface area contributed by atoms with Crippen LogP contribution in [0.15, 0.2) is 89.1 Å². The van der Waals surface area contributed by atoms with Crippen molar-refractivity contribution in [2.45, 2.75) is 19.9 Å². The standard InChI is InChI=1S/C26H21FN4OS/c1-16-11-13-21(14-12-16)31-17(2)22(23(28-26(31)33)18-7-4-3-5-8-18)25-29-24(30-32-25)19-9-6-10-20(27)15-19/h3-15,23H,1-2H3,(H,28,33). The highest BCUT2D eigenvalue weighted by Gasteiger charge is 2.34. The van der Waals surface area contributed by atoms with Gasteiger partial charge in [-0.3, -0.25) is 4.90 Å². The van der Waals surface area contributed by atoms with Crippen LogP contribution in [-0.2, 0) is 0 Å². The summed E-state index contributed by atoms with van der Waals surface area (Å²) in [4.78, 5) is 6.59. The number of rotatable bonds is 4. The Bertz CT molecular complexity index is 1350. The van der Waals surface area contributed by atoms with Crippen molar-refractivity contribution in [2.24, 2.45) is 0 Å². The molecule has 33 heavy (non-hydrogen) atoms. The van der Waals surface area contributed by atoms with Crippen LogP contribution in [0, 0.1) is 12.7 Å². The van der Waals surface area contributed by atoms with E-state index in [2.05, 4.69) is 15.5 Å². The van der Waals surface area contributed by atoms with E-state index in [1.54, 1.807) is 12.1 Å². The van der Waals surface area contributed by atoms with Crippen LogP contribution in [0.5, 0.6) is 0 Å². The van der Waals surface area contributed by atoms with E-state index < -0.39 is 0 Å². The molecule has 4 aromatic rings. The van der Waals surface area contributed by atoms with Crippen LogP contribution >= 0.6 is 12.2 Å². The van der Waals surface area contributed by atoms with Crippen molar-refractivity contribution in [3.63, 3.8) is 0 Å². The third-order valence-corrected chi connectivity index (χ3v) is 5.95. The van der Waals surface area contributed by atoms with Gasteiger partial charge in [0.15, 0.2) is 5.11 Å². The molecule has 5 nitrogen and oxygen atoms in total. The van der Waals surface area contributed by atoms with Gasteiger partial charge in [-0.25, -0.2) is 4.39 Å². The third-order valence-electron chi connectivity index (χ3n) is 5.65. The molecule has 1 aliphatic heterocycles. The third kappa shape index (κ3) is 4.03. The molecule has 0 radical (unpaired) electrons. The van der Waals surface area contributed by atoms with Gasteiger partial charge in [0.2, 0.25) is 5.82 Å². The van der Waals surface area contributed by atoms with Crippen molar-refractivity contribution < 1.29 is 8.91 Å². The number of thiocarbonyl (C=S) groups is 1. The Morgan fingerprint density at radius 3 is 2.45 bits per heavy atom. The second-order valence-electron chi connectivity index (χ2n) is 7.90. The van der Waals surface area contributed by atoms with Gasteiger partial charge >= 0.3 is 0 Å². The van der Waals surface area contributed by atoms with Gasteiger partial charge in [0.25, 0.3) is 5.89 Å². The molecule has 1 aliphatic rings. The molecule has 2 heterocycles. The number of halogens is 1. The number of anilines is 1. The van der Waals surface area contributed by atoms with Gasteiger partial charge in [-0.2, -0.15) is 4.98 Å². The van der Waals surface area contributed by atoms with E-state index >= 15 is 0 Å². The fourth-order valence-electron chi connectivity index (χ4n) is 4.00. The number of aryl methyl sites for hydroxylation is 1. The number of nitrogens with zero attached hydrogens (tertiary/aromatic N) is 3. The van der Waals surface area contributed by atoms with Crippen LogP contribution in [0.1, 0.15) is 30.0 Å². The molecule has 1 atom stereocenters. The summed E-state index contributed by atoms with van der Waals surface area (Å²) in [6.07, 6.45) is 0. The predicted octanol–water partition coefficient (Wildman–Crippen LogP) is 6.05. The van der Waals surface area contributed by atoms with Gasteiger partial charge in [0.1, 0.15) is 5.82 Å². The molecule has 0 fully saturated rings. The van der Waals surface area contributed by atoms with Crippen LogP contribution in [0.25, 0.3) is 17.0 Å². The first kappa shape index (κ1) is 21.0. The van der Waals surface area contributed by atoms with Crippen LogP contribution in [0.2, 0.25) is 0 Å². The smallest absolute Gasteiger partial charge is 0.258 e. The lowest BCUT2D eigenvalue weighted by atomic mass is 9.94. The van der Waals surface area contributed by atoms with Gasteiger partial charge in [-0.1, -0.05) is 65.3 Å². The van der Waals surface area contributed by atoms with Crippen LogP contribution in [0.3, 0.4) is 0 Å². The minimum Gasteiger partial charge on any atom is -0.351 e. The Kier molecular flexibility index (Phi) is 5.48. The molecule has 1 N–H and O–H groups in total. The molecule has 0 saturated carbocycles. The van der Waals surface area contributed by atoms with Gasteiger partial charge in [0.05, 0.1) is 11.6 Å². The Labute approximate surface area is 196 Å². The van der Waals surface area contributed by atoms with Gasteiger partial charge in [-0.15, -0.1) is 0 Å². The average Bonchev–Trinajstić information content (AvgIpc) is 3.30. The monoisotopic (exact) mass is 456 g/mol. The molecule has 3 aromatic carbocycles. The Morgan fingerprint density at radius 2 is 1.73 bits per heavy atom. The fraction of sp³-hybridized carbons (Fsp3) is 0.115. The lowest BCUT2D eigenvalue weighted by molar-refractivity contribution is 0.404. The summed E-state index contributed by atoms with van der Waals surface area (Å²) in [5, 5.41) is 8.15. The molecule has 1 unspecified atom stereocenters. The number of hydrogen-bond acceptors (Lipinski definition) is 4. The summed E-state index contributed by atoms with van der Waals surface area (Å²) in [5.74, 6) is 0.325. The maximum absolute atomic E-state index is 13.7. The van der Waals surface area contributed by atoms with Crippen LogP contribution < -0.4 is 10.2 Å². The predicted molar refractivity (Wildman–Crippen MR) is 131 cm³/mol.